The number of phenols is 2. The van der Waals surface area contributed by atoms with E-state index < -0.39 is 5.91 Å². The number of phenolic OH excluding ortho intramolecular Hbond substituents is 2. The Morgan fingerprint density at radius 1 is 1.36 bits per heavy atom. The smallest absolute Gasteiger partial charge is 0.270 e. The number of aromatic hydroxyl groups is 2. The summed E-state index contributed by atoms with van der Waals surface area (Å²) in [6.45, 7) is 5.73. The molecule has 1 aromatic carbocycles. The SMILES string of the molecule is C=C(/C=C\C=C/CCC)C(=O)N/N=C/c1ccc(O)cc1O. The van der Waals surface area contributed by atoms with E-state index >= 15 is 0 Å². The van der Waals surface area contributed by atoms with Crippen molar-refractivity contribution >= 4 is 12.1 Å². The third-order valence-corrected chi connectivity index (χ3v) is 2.68. The van der Waals surface area contributed by atoms with E-state index in [4.69, 9.17) is 5.11 Å². The van der Waals surface area contributed by atoms with E-state index in [1.807, 2.05) is 12.2 Å². The van der Waals surface area contributed by atoms with Crippen LogP contribution in [0, 0.1) is 0 Å². The number of carbonyl (C=O) groups is 1. The predicted octanol–water partition coefficient (Wildman–Crippen LogP) is 3.02. The molecule has 0 spiro atoms. The third kappa shape index (κ3) is 6.09. The van der Waals surface area contributed by atoms with Crippen LogP contribution in [0.3, 0.4) is 0 Å². The molecule has 0 atom stereocenters. The van der Waals surface area contributed by atoms with Gasteiger partial charge in [0.05, 0.1) is 6.21 Å². The molecule has 22 heavy (non-hydrogen) atoms. The summed E-state index contributed by atoms with van der Waals surface area (Å²) in [4.78, 5) is 11.7. The van der Waals surface area contributed by atoms with Gasteiger partial charge in [0.1, 0.15) is 11.5 Å². The molecular formula is C17H20N2O3. The Bertz CT molecular complexity index is 616. The van der Waals surface area contributed by atoms with Crippen LogP contribution in [-0.2, 0) is 4.79 Å². The van der Waals surface area contributed by atoms with E-state index in [1.165, 1.54) is 24.4 Å². The highest BCUT2D eigenvalue weighted by Crippen LogP contribution is 2.20. The van der Waals surface area contributed by atoms with E-state index in [9.17, 15) is 9.90 Å². The largest absolute Gasteiger partial charge is 0.508 e. The Morgan fingerprint density at radius 2 is 2.14 bits per heavy atom. The molecule has 0 aliphatic carbocycles. The Morgan fingerprint density at radius 3 is 2.82 bits per heavy atom. The second-order valence-corrected chi connectivity index (χ2v) is 4.54. The van der Waals surface area contributed by atoms with Crippen molar-refractivity contribution in [1.82, 2.24) is 5.43 Å². The van der Waals surface area contributed by atoms with Crippen LogP contribution in [-0.4, -0.2) is 22.3 Å². The first kappa shape index (κ1) is 17.2. The van der Waals surface area contributed by atoms with E-state index in [0.717, 1.165) is 12.8 Å². The fourth-order valence-corrected chi connectivity index (χ4v) is 1.46. The van der Waals surface area contributed by atoms with Gasteiger partial charge in [-0.1, -0.05) is 44.2 Å². The van der Waals surface area contributed by atoms with Gasteiger partial charge in [0.2, 0.25) is 0 Å². The molecule has 1 rings (SSSR count). The number of hydrazone groups is 1. The van der Waals surface area contributed by atoms with Crippen LogP contribution in [0.25, 0.3) is 0 Å². The number of carbonyl (C=O) groups excluding carboxylic acids is 1. The van der Waals surface area contributed by atoms with Gasteiger partial charge in [-0.2, -0.15) is 5.10 Å². The van der Waals surface area contributed by atoms with Crippen molar-refractivity contribution < 1.29 is 15.0 Å². The fraction of sp³-hybridized carbons (Fsp3) is 0.176. The molecule has 0 heterocycles. The van der Waals surface area contributed by atoms with Gasteiger partial charge in [-0.3, -0.25) is 4.79 Å². The number of hydrogen-bond donors (Lipinski definition) is 3. The van der Waals surface area contributed by atoms with E-state index in [2.05, 4.69) is 24.0 Å². The highest BCUT2D eigenvalue weighted by Gasteiger charge is 2.02. The molecule has 0 saturated heterocycles. The second-order valence-electron chi connectivity index (χ2n) is 4.54. The zero-order valence-corrected chi connectivity index (χ0v) is 12.5. The summed E-state index contributed by atoms with van der Waals surface area (Å²) in [5.41, 5.74) is 2.95. The Kier molecular flexibility index (Phi) is 7.19. The summed E-state index contributed by atoms with van der Waals surface area (Å²) in [5, 5.41) is 22.4. The van der Waals surface area contributed by atoms with E-state index in [-0.39, 0.29) is 17.1 Å². The molecule has 0 aliphatic rings. The Balaban J connectivity index is 2.51. The molecule has 1 aromatic rings. The molecular weight excluding hydrogens is 280 g/mol. The van der Waals surface area contributed by atoms with Crippen LogP contribution in [0.4, 0.5) is 0 Å². The highest BCUT2D eigenvalue weighted by atomic mass is 16.3. The Hall–Kier alpha value is -2.82. The minimum Gasteiger partial charge on any atom is -0.508 e. The summed E-state index contributed by atoms with van der Waals surface area (Å²) in [6, 6.07) is 4.08. The summed E-state index contributed by atoms with van der Waals surface area (Å²) in [7, 11) is 0. The van der Waals surface area contributed by atoms with Gasteiger partial charge in [0.25, 0.3) is 5.91 Å². The van der Waals surface area contributed by atoms with Crippen LogP contribution >= 0.6 is 0 Å². The van der Waals surface area contributed by atoms with Crippen molar-refractivity contribution in [1.29, 1.82) is 0 Å². The summed E-state index contributed by atoms with van der Waals surface area (Å²) >= 11 is 0. The first-order valence-electron chi connectivity index (χ1n) is 6.92. The molecule has 0 aromatic heterocycles. The zero-order valence-electron chi connectivity index (χ0n) is 12.5. The van der Waals surface area contributed by atoms with Crippen LogP contribution in [0.2, 0.25) is 0 Å². The zero-order chi connectivity index (χ0) is 16.4. The topological polar surface area (TPSA) is 81.9 Å². The average Bonchev–Trinajstić information content (AvgIpc) is 2.49. The summed E-state index contributed by atoms with van der Waals surface area (Å²) in [5.74, 6) is -0.610. The van der Waals surface area contributed by atoms with Crippen LogP contribution < -0.4 is 5.43 Å². The quantitative estimate of drug-likeness (QED) is 0.313. The predicted molar refractivity (Wildman–Crippen MR) is 87.8 cm³/mol. The van der Waals surface area contributed by atoms with Crippen molar-refractivity contribution in [3.63, 3.8) is 0 Å². The first-order chi connectivity index (χ1) is 10.5. The Labute approximate surface area is 130 Å². The molecule has 5 heteroatoms. The number of benzene rings is 1. The van der Waals surface area contributed by atoms with E-state index in [1.54, 1.807) is 12.2 Å². The average molecular weight is 300 g/mol. The van der Waals surface area contributed by atoms with Gasteiger partial charge >= 0.3 is 0 Å². The second kappa shape index (κ2) is 9.18. The van der Waals surface area contributed by atoms with Crippen molar-refractivity contribution in [3.05, 3.63) is 60.2 Å². The number of hydrogen-bond acceptors (Lipinski definition) is 4. The lowest BCUT2D eigenvalue weighted by Crippen LogP contribution is -2.18. The fourth-order valence-electron chi connectivity index (χ4n) is 1.46. The molecule has 0 aliphatic heterocycles. The van der Waals surface area contributed by atoms with Gasteiger partial charge in [0, 0.05) is 17.2 Å². The maximum Gasteiger partial charge on any atom is 0.270 e. The molecule has 5 nitrogen and oxygen atoms in total. The molecule has 0 unspecified atom stereocenters. The monoisotopic (exact) mass is 300 g/mol. The van der Waals surface area contributed by atoms with Crippen LogP contribution in [0.1, 0.15) is 25.3 Å². The van der Waals surface area contributed by atoms with Crippen molar-refractivity contribution in [2.24, 2.45) is 5.10 Å². The molecule has 1 amide bonds. The van der Waals surface area contributed by atoms with Gasteiger partial charge in [0.15, 0.2) is 0 Å². The van der Waals surface area contributed by atoms with Crippen LogP contribution in [0.15, 0.2) is 59.8 Å². The molecule has 0 bridgehead atoms. The normalized spacial score (nSPS) is 11.5. The summed E-state index contributed by atoms with van der Waals surface area (Å²) in [6.07, 6.45) is 10.5. The molecule has 0 fully saturated rings. The number of nitrogens with one attached hydrogen (secondary N) is 1. The lowest BCUT2D eigenvalue weighted by Gasteiger charge is -2.00. The van der Waals surface area contributed by atoms with Crippen molar-refractivity contribution in [2.45, 2.75) is 19.8 Å². The van der Waals surface area contributed by atoms with Crippen molar-refractivity contribution in [2.75, 3.05) is 0 Å². The molecule has 0 radical (unpaired) electrons. The van der Waals surface area contributed by atoms with Crippen molar-refractivity contribution in [3.8, 4) is 11.5 Å². The number of unbranched alkanes of at least 4 members (excludes halogenated alkanes) is 1. The number of nitrogens with zero attached hydrogens (tertiary/aromatic N) is 1. The molecule has 3 N–H and O–H groups in total. The minimum absolute atomic E-state index is 0.0478. The van der Waals surface area contributed by atoms with E-state index in [0.29, 0.717) is 5.56 Å². The van der Waals surface area contributed by atoms with Gasteiger partial charge < -0.3 is 10.2 Å². The highest BCUT2D eigenvalue weighted by molar-refractivity contribution is 5.96. The van der Waals surface area contributed by atoms with Gasteiger partial charge in [-0.25, -0.2) is 5.43 Å². The van der Waals surface area contributed by atoms with Crippen LogP contribution in [0.5, 0.6) is 11.5 Å². The minimum atomic E-state index is -0.436. The number of allylic oxidation sites excluding steroid dienone is 3. The molecule has 0 saturated carbocycles. The standard InChI is InChI=1S/C17H20N2O3/c1-3-4-5-6-7-8-13(2)17(22)19-18-12-14-9-10-15(20)11-16(14)21/h5-12,20-21H,2-4H2,1H3,(H,19,22)/b6-5-,8-7-,18-12+. The first-order valence-corrected chi connectivity index (χ1v) is 6.92. The molecule has 116 valence electrons. The lowest BCUT2D eigenvalue weighted by atomic mass is 10.2. The summed E-state index contributed by atoms with van der Waals surface area (Å²) < 4.78 is 0. The maximum atomic E-state index is 11.7. The number of amides is 1. The lowest BCUT2D eigenvalue weighted by molar-refractivity contribution is -0.117. The van der Waals surface area contributed by atoms with Gasteiger partial charge in [-0.15, -0.1) is 0 Å². The van der Waals surface area contributed by atoms with Gasteiger partial charge in [-0.05, 0) is 18.6 Å². The maximum absolute atomic E-state index is 11.7. The number of rotatable bonds is 7. The third-order valence-electron chi connectivity index (χ3n) is 2.68.